The van der Waals surface area contributed by atoms with Gasteiger partial charge < -0.3 is 10.2 Å². The Morgan fingerprint density at radius 3 is 2.65 bits per heavy atom. The lowest BCUT2D eigenvalue weighted by atomic mass is 10.0. The number of likely N-dealkylation sites (tertiary alicyclic amines) is 1. The highest BCUT2D eigenvalue weighted by Crippen LogP contribution is 2.33. The van der Waals surface area contributed by atoms with Crippen molar-refractivity contribution in [1.29, 1.82) is 0 Å². The predicted molar refractivity (Wildman–Crippen MR) is 98.2 cm³/mol. The topological polar surface area (TPSA) is 62.3 Å². The van der Waals surface area contributed by atoms with Gasteiger partial charge >= 0.3 is 0 Å². The van der Waals surface area contributed by atoms with Gasteiger partial charge in [0, 0.05) is 23.4 Å². The number of carbonyl (C=O) groups excluding carboxylic acids is 2. The summed E-state index contributed by atoms with van der Waals surface area (Å²) in [6.45, 7) is 0.659. The molecule has 1 aliphatic heterocycles. The third kappa shape index (κ3) is 3.62. The maximum atomic E-state index is 13.0. The number of hydrogen-bond acceptors (Lipinski definition) is 4. The molecular formula is C19H20FN3O2S. The molecule has 7 heteroatoms. The van der Waals surface area contributed by atoms with E-state index in [1.807, 2.05) is 5.38 Å². The van der Waals surface area contributed by atoms with Crippen molar-refractivity contribution in [2.75, 3.05) is 11.9 Å². The van der Waals surface area contributed by atoms with E-state index in [0.29, 0.717) is 23.8 Å². The molecule has 2 aliphatic rings. The van der Waals surface area contributed by atoms with Crippen LogP contribution < -0.4 is 5.32 Å². The number of halogens is 1. The molecule has 1 atom stereocenters. The minimum atomic E-state index is -0.407. The molecule has 1 unspecified atom stereocenters. The van der Waals surface area contributed by atoms with Gasteiger partial charge in [-0.05, 0) is 56.4 Å². The zero-order chi connectivity index (χ0) is 18.1. The molecular weight excluding hydrogens is 353 g/mol. The second-order valence-corrected chi connectivity index (χ2v) is 7.71. The number of rotatable bonds is 4. The van der Waals surface area contributed by atoms with E-state index >= 15 is 0 Å². The van der Waals surface area contributed by atoms with Crippen LogP contribution in [0.15, 0.2) is 29.6 Å². The Labute approximate surface area is 155 Å². The SMILES string of the molecule is O=C(Nc1nc(-c2ccc(F)cc2)cs1)C1CCCCN1C(=O)C1CC1. The highest BCUT2D eigenvalue weighted by molar-refractivity contribution is 7.14. The van der Waals surface area contributed by atoms with Crippen LogP contribution in [0.2, 0.25) is 0 Å². The zero-order valence-electron chi connectivity index (χ0n) is 14.3. The van der Waals surface area contributed by atoms with Gasteiger partial charge in [0.2, 0.25) is 11.8 Å². The van der Waals surface area contributed by atoms with Crippen molar-refractivity contribution in [2.24, 2.45) is 5.92 Å². The van der Waals surface area contributed by atoms with Crippen molar-refractivity contribution in [3.8, 4) is 11.3 Å². The fraction of sp³-hybridized carbons (Fsp3) is 0.421. The highest BCUT2D eigenvalue weighted by atomic mass is 32.1. The molecule has 0 bridgehead atoms. The number of aromatic nitrogens is 1. The summed E-state index contributed by atoms with van der Waals surface area (Å²) < 4.78 is 13.0. The number of nitrogens with zero attached hydrogens (tertiary/aromatic N) is 2. The van der Waals surface area contributed by atoms with Gasteiger partial charge in [0.15, 0.2) is 5.13 Å². The summed E-state index contributed by atoms with van der Waals surface area (Å²) in [5.41, 5.74) is 1.49. The molecule has 1 saturated carbocycles. The van der Waals surface area contributed by atoms with Crippen molar-refractivity contribution in [1.82, 2.24) is 9.88 Å². The van der Waals surface area contributed by atoms with Gasteiger partial charge in [-0.25, -0.2) is 9.37 Å². The first-order valence-electron chi connectivity index (χ1n) is 8.94. The first-order chi connectivity index (χ1) is 12.6. The lowest BCUT2D eigenvalue weighted by molar-refractivity contribution is -0.141. The average molecular weight is 373 g/mol. The molecule has 2 aromatic rings. The number of anilines is 1. The van der Waals surface area contributed by atoms with Crippen LogP contribution in [0, 0.1) is 11.7 Å². The van der Waals surface area contributed by atoms with Crippen LogP contribution in [0.4, 0.5) is 9.52 Å². The van der Waals surface area contributed by atoms with Crippen LogP contribution in [-0.2, 0) is 9.59 Å². The number of carbonyl (C=O) groups is 2. The molecule has 5 nitrogen and oxygen atoms in total. The van der Waals surface area contributed by atoms with E-state index in [0.717, 1.165) is 31.2 Å². The molecule has 1 N–H and O–H groups in total. The van der Waals surface area contributed by atoms with E-state index in [1.54, 1.807) is 17.0 Å². The normalized spacial score (nSPS) is 20.0. The molecule has 2 fully saturated rings. The van der Waals surface area contributed by atoms with Crippen LogP contribution >= 0.6 is 11.3 Å². The van der Waals surface area contributed by atoms with Crippen molar-refractivity contribution in [3.05, 3.63) is 35.5 Å². The van der Waals surface area contributed by atoms with Crippen LogP contribution in [0.3, 0.4) is 0 Å². The van der Waals surface area contributed by atoms with Gasteiger partial charge in [0.25, 0.3) is 0 Å². The average Bonchev–Trinajstić information content (AvgIpc) is 3.41. The summed E-state index contributed by atoms with van der Waals surface area (Å²) in [4.78, 5) is 31.4. The smallest absolute Gasteiger partial charge is 0.248 e. The van der Waals surface area contributed by atoms with Crippen molar-refractivity contribution in [3.63, 3.8) is 0 Å². The molecule has 26 heavy (non-hydrogen) atoms. The molecule has 0 spiro atoms. The summed E-state index contributed by atoms with van der Waals surface area (Å²) in [6.07, 6.45) is 4.48. The van der Waals surface area contributed by atoms with Crippen LogP contribution in [0.25, 0.3) is 11.3 Å². The van der Waals surface area contributed by atoms with Gasteiger partial charge in [-0.3, -0.25) is 9.59 Å². The predicted octanol–water partition coefficient (Wildman–Crippen LogP) is 3.68. The minimum absolute atomic E-state index is 0.119. The molecule has 2 heterocycles. The molecule has 1 aromatic carbocycles. The number of piperidine rings is 1. The Morgan fingerprint density at radius 1 is 1.15 bits per heavy atom. The first-order valence-corrected chi connectivity index (χ1v) is 9.82. The van der Waals surface area contributed by atoms with E-state index in [9.17, 15) is 14.0 Å². The van der Waals surface area contributed by atoms with Gasteiger partial charge in [-0.2, -0.15) is 0 Å². The van der Waals surface area contributed by atoms with Gasteiger partial charge in [-0.15, -0.1) is 11.3 Å². The van der Waals surface area contributed by atoms with Gasteiger partial charge in [-0.1, -0.05) is 0 Å². The number of thiazole rings is 1. The maximum absolute atomic E-state index is 13.0. The Bertz CT molecular complexity index is 816. The monoisotopic (exact) mass is 373 g/mol. The summed E-state index contributed by atoms with van der Waals surface area (Å²) in [5, 5.41) is 5.19. The molecule has 1 aliphatic carbocycles. The van der Waals surface area contributed by atoms with Gasteiger partial charge in [0.1, 0.15) is 11.9 Å². The molecule has 2 amide bonds. The van der Waals surface area contributed by atoms with Crippen LogP contribution in [0.5, 0.6) is 0 Å². The van der Waals surface area contributed by atoms with E-state index in [1.165, 1.54) is 23.5 Å². The van der Waals surface area contributed by atoms with Crippen LogP contribution in [0.1, 0.15) is 32.1 Å². The third-order valence-corrected chi connectivity index (χ3v) is 5.65. The van der Waals surface area contributed by atoms with E-state index in [4.69, 9.17) is 0 Å². The summed E-state index contributed by atoms with van der Waals surface area (Å²) in [7, 11) is 0. The number of hydrogen-bond donors (Lipinski definition) is 1. The van der Waals surface area contributed by atoms with Crippen molar-refractivity contribution < 1.29 is 14.0 Å². The third-order valence-electron chi connectivity index (χ3n) is 4.89. The second kappa shape index (κ2) is 7.15. The van der Waals surface area contributed by atoms with Gasteiger partial charge in [0.05, 0.1) is 5.69 Å². The Balaban J connectivity index is 1.45. The fourth-order valence-corrected chi connectivity index (χ4v) is 4.03. The first kappa shape index (κ1) is 17.1. The largest absolute Gasteiger partial charge is 0.330 e. The van der Waals surface area contributed by atoms with E-state index < -0.39 is 6.04 Å². The molecule has 4 rings (SSSR count). The van der Waals surface area contributed by atoms with E-state index in [-0.39, 0.29) is 23.5 Å². The second-order valence-electron chi connectivity index (χ2n) is 6.85. The standard InChI is InChI=1S/C19H20FN3O2S/c20-14-8-6-12(7-9-14)15-11-26-19(21-15)22-17(24)16-3-1-2-10-23(16)18(25)13-4-5-13/h6-9,11,13,16H,1-5,10H2,(H,21,22,24). The highest BCUT2D eigenvalue weighted by Gasteiger charge is 2.39. The molecule has 1 aromatic heterocycles. The molecule has 1 saturated heterocycles. The lowest BCUT2D eigenvalue weighted by Crippen LogP contribution is -2.50. The summed E-state index contributed by atoms with van der Waals surface area (Å²) in [6, 6.07) is 5.68. The van der Waals surface area contributed by atoms with Crippen molar-refractivity contribution >= 4 is 28.3 Å². The summed E-state index contributed by atoms with van der Waals surface area (Å²) >= 11 is 1.33. The quantitative estimate of drug-likeness (QED) is 0.889. The fourth-order valence-electron chi connectivity index (χ4n) is 3.31. The molecule has 136 valence electrons. The van der Waals surface area contributed by atoms with Crippen LogP contribution in [-0.4, -0.2) is 34.3 Å². The van der Waals surface area contributed by atoms with Crippen molar-refractivity contribution in [2.45, 2.75) is 38.1 Å². The number of amides is 2. The number of benzene rings is 1. The number of nitrogens with one attached hydrogen (secondary N) is 1. The van der Waals surface area contributed by atoms with E-state index in [2.05, 4.69) is 10.3 Å². The molecule has 0 radical (unpaired) electrons. The lowest BCUT2D eigenvalue weighted by Gasteiger charge is -2.34. The zero-order valence-corrected chi connectivity index (χ0v) is 15.1. The Hall–Kier alpha value is -2.28. The maximum Gasteiger partial charge on any atom is 0.248 e. The summed E-state index contributed by atoms with van der Waals surface area (Å²) in [5.74, 6) is -0.224. The minimum Gasteiger partial charge on any atom is -0.330 e. The Morgan fingerprint density at radius 2 is 1.92 bits per heavy atom. The Kier molecular flexibility index (Phi) is 4.72.